The number of halogens is 1. The van der Waals surface area contributed by atoms with Crippen LogP contribution in [0.5, 0.6) is 0 Å². The molecule has 1 atom stereocenters. The van der Waals surface area contributed by atoms with Gasteiger partial charge in [-0.25, -0.2) is 5.43 Å². The van der Waals surface area contributed by atoms with Crippen molar-refractivity contribution in [1.29, 1.82) is 0 Å². The third-order valence-corrected chi connectivity index (χ3v) is 4.93. The summed E-state index contributed by atoms with van der Waals surface area (Å²) in [6.07, 6.45) is 1.64. The fraction of sp³-hybridized carbons (Fsp3) is 0.176. The van der Waals surface area contributed by atoms with Crippen molar-refractivity contribution in [2.45, 2.75) is 17.9 Å². The van der Waals surface area contributed by atoms with Crippen LogP contribution in [0.2, 0.25) is 0 Å². The Morgan fingerprint density at radius 3 is 2.64 bits per heavy atom. The van der Waals surface area contributed by atoms with Crippen LogP contribution in [0.25, 0.3) is 0 Å². The van der Waals surface area contributed by atoms with Crippen LogP contribution >= 0.6 is 27.7 Å². The molecule has 0 bridgehead atoms. The molecule has 0 heterocycles. The Kier molecular flexibility index (Phi) is 6.68. The SMILES string of the molecule is C[C@@H](SCc1ccccc1)C(=O)N/N=C\c1ccccc1Br. The third kappa shape index (κ3) is 5.31. The summed E-state index contributed by atoms with van der Waals surface area (Å²) in [4.78, 5) is 12.0. The molecule has 0 aliphatic rings. The highest BCUT2D eigenvalue weighted by Crippen LogP contribution is 2.17. The Morgan fingerprint density at radius 1 is 1.23 bits per heavy atom. The lowest BCUT2D eigenvalue weighted by molar-refractivity contribution is -0.120. The fourth-order valence-corrected chi connectivity index (χ4v) is 2.93. The van der Waals surface area contributed by atoms with Crippen LogP contribution in [0.1, 0.15) is 18.1 Å². The van der Waals surface area contributed by atoms with Crippen LogP contribution in [-0.4, -0.2) is 17.4 Å². The zero-order chi connectivity index (χ0) is 15.8. The molecule has 2 aromatic carbocycles. The molecular formula is C17H17BrN2OS. The number of nitrogens with one attached hydrogen (secondary N) is 1. The van der Waals surface area contributed by atoms with Gasteiger partial charge in [-0.1, -0.05) is 64.5 Å². The van der Waals surface area contributed by atoms with E-state index in [1.54, 1.807) is 18.0 Å². The minimum absolute atomic E-state index is 0.0933. The van der Waals surface area contributed by atoms with Gasteiger partial charge in [0.25, 0.3) is 5.91 Å². The number of thioether (sulfide) groups is 1. The monoisotopic (exact) mass is 376 g/mol. The van der Waals surface area contributed by atoms with E-state index >= 15 is 0 Å². The van der Waals surface area contributed by atoms with Crippen molar-refractivity contribution in [3.05, 3.63) is 70.2 Å². The predicted octanol–water partition coefficient (Wildman–Crippen LogP) is 4.22. The van der Waals surface area contributed by atoms with E-state index in [1.807, 2.05) is 49.4 Å². The second-order valence-electron chi connectivity index (χ2n) is 4.69. The Morgan fingerprint density at radius 2 is 1.91 bits per heavy atom. The van der Waals surface area contributed by atoms with Gasteiger partial charge in [0, 0.05) is 15.8 Å². The first-order valence-electron chi connectivity index (χ1n) is 6.90. The molecule has 0 fully saturated rings. The molecule has 114 valence electrons. The molecule has 3 nitrogen and oxygen atoms in total. The van der Waals surface area contributed by atoms with Gasteiger partial charge in [0.2, 0.25) is 0 Å². The number of benzene rings is 2. The third-order valence-electron chi connectivity index (χ3n) is 3.00. The Labute approximate surface area is 143 Å². The second-order valence-corrected chi connectivity index (χ2v) is 6.88. The van der Waals surface area contributed by atoms with Crippen LogP contribution in [-0.2, 0) is 10.5 Å². The number of rotatable bonds is 6. The van der Waals surface area contributed by atoms with E-state index in [0.717, 1.165) is 15.8 Å². The van der Waals surface area contributed by atoms with E-state index in [4.69, 9.17) is 0 Å². The number of amides is 1. The first-order valence-corrected chi connectivity index (χ1v) is 8.74. The van der Waals surface area contributed by atoms with Crippen LogP contribution in [0.15, 0.2) is 64.2 Å². The normalized spacial score (nSPS) is 12.3. The molecule has 0 aromatic heterocycles. The highest BCUT2D eigenvalue weighted by molar-refractivity contribution is 9.10. The van der Waals surface area contributed by atoms with Gasteiger partial charge < -0.3 is 0 Å². The average molecular weight is 377 g/mol. The maximum atomic E-state index is 12.0. The Bertz CT molecular complexity index is 646. The molecular weight excluding hydrogens is 360 g/mol. The van der Waals surface area contributed by atoms with Gasteiger partial charge in [-0.3, -0.25) is 4.79 Å². The minimum Gasteiger partial charge on any atom is -0.272 e. The molecule has 22 heavy (non-hydrogen) atoms. The summed E-state index contributed by atoms with van der Waals surface area (Å²) in [5.41, 5.74) is 4.72. The van der Waals surface area contributed by atoms with Crippen molar-refractivity contribution in [3.8, 4) is 0 Å². The number of carbonyl (C=O) groups is 1. The van der Waals surface area contributed by atoms with Gasteiger partial charge in [0.05, 0.1) is 11.5 Å². The van der Waals surface area contributed by atoms with E-state index in [0.29, 0.717) is 0 Å². The van der Waals surface area contributed by atoms with Gasteiger partial charge in [-0.2, -0.15) is 5.10 Å². The maximum Gasteiger partial charge on any atom is 0.252 e. The summed E-state index contributed by atoms with van der Waals surface area (Å²) in [5, 5.41) is 3.85. The van der Waals surface area contributed by atoms with Crippen molar-refractivity contribution >= 4 is 39.8 Å². The molecule has 0 aliphatic heterocycles. The summed E-state index contributed by atoms with van der Waals surface area (Å²) >= 11 is 5.03. The van der Waals surface area contributed by atoms with Crippen molar-refractivity contribution in [3.63, 3.8) is 0 Å². The lowest BCUT2D eigenvalue weighted by Gasteiger charge is -2.09. The molecule has 1 N–H and O–H groups in total. The maximum absolute atomic E-state index is 12.0. The standard InChI is InChI=1S/C17H17BrN2OS/c1-13(22-12-14-7-3-2-4-8-14)17(21)20-19-11-15-9-5-6-10-16(15)18/h2-11,13H,12H2,1H3,(H,20,21)/b19-11-/t13-/m1/s1. The molecule has 2 aromatic rings. The van der Waals surface area contributed by atoms with Crippen LogP contribution in [0.4, 0.5) is 0 Å². The van der Waals surface area contributed by atoms with Crippen LogP contribution in [0, 0.1) is 0 Å². The van der Waals surface area contributed by atoms with Crippen LogP contribution in [0.3, 0.4) is 0 Å². The summed E-state index contributed by atoms with van der Waals surface area (Å²) in [6, 6.07) is 17.8. The van der Waals surface area contributed by atoms with Crippen molar-refractivity contribution in [1.82, 2.24) is 5.43 Å². The largest absolute Gasteiger partial charge is 0.272 e. The summed E-state index contributed by atoms with van der Waals surface area (Å²) in [7, 11) is 0. The van der Waals surface area contributed by atoms with E-state index < -0.39 is 0 Å². The Hall–Kier alpha value is -1.59. The number of nitrogens with zero attached hydrogens (tertiary/aromatic N) is 1. The fourth-order valence-electron chi connectivity index (χ4n) is 1.71. The lowest BCUT2D eigenvalue weighted by atomic mass is 10.2. The first-order chi connectivity index (χ1) is 10.7. The van der Waals surface area contributed by atoms with E-state index in [9.17, 15) is 4.79 Å². The average Bonchev–Trinajstić information content (AvgIpc) is 2.55. The van der Waals surface area contributed by atoms with Gasteiger partial charge in [-0.05, 0) is 18.6 Å². The van der Waals surface area contributed by atoms with Gasteiger partial charge in [0.15, 0.2) is 0 Å². The van der Waals surface area contributed by atoms with E-state index in [-0.39, 0.29) is 11.2 Å². The molecule has 1 amide bonds. The number of carbonyl (C=O) groups excluding carboxylic acids is 1. The predicted molar refractivity (Wildman–Crippen MR) is 97.1 cm³/mol. The molecule has 0 aliphatic carbocycles. The summed E-state index contributed by atoms with van der Waals surface area (Å²) in [6.45, 7) is 1.89. The summed E-state index contributed by atoms with van der Waals surface area (Å²) < 4.78 is 0.944. The van der Waals surface area contributed by atoms with Crippen molar-refractivity contribution in [2.75, 3.05) is 0 Å². The quantitative estimate of drug-likeness (QED) is 0.605. The number of hydrogen-bond donors (Lipinski definition) is 1. The number of hydrazone groups is 1. The van der Waals surface area contributed by atoms with E-state index in [2.05, 4.69) is 38.6 Å². The zero-order valence-electron chi connectivity index (χ0n) is 12.2. The Balaban J connectivity index is 1.80. The van der Waals surface area contributed by atoms with Crippen molar-refractivity contribution in [2.24, 2.45) is 5.10 Å². The van der Waals surface area contributed by atoms with E-state index in [1.165, 1.54) is 5.56 Å². The number of hydrogen-bond acceptors (Lipinski definition) is 3. The second kappa shape index (κ2) is 8.76. The molecule has 0 saturated carbocycles. The van der Waals surface area contributed by atoms with Crippen molar-refractivity contribution < 1.29 is 4.79 Å². The highest BCUT2D eigenvalue weighted by Gasteiger charge is 2.12. The first kappa shape index (κ1) is 16.8. The highest BCUT2D eigenvalue weighted by atomic mass is 79.9. The minimum atomic E-state index is -0.156. The molecule has 5 heteroatoms. The zero-order valence-corrected chi connectivity index (χ0v) is 14.6. The molecule has 0 spiro atoms. The topological polar surface area (TPSA) is 41.5 Å². The summed E-state index contributed by atoms with van der Waals surface area (Å²) in [5.74, 6) is 0.716. The van der Waals surface area contributed by atoms with Gasteiger partial charge in [-0.15, -0.1) is 11.8 Å². The molecule has 2 rings (SSSR count). The smallest absolute Gasteiger partial charge is 0.252 e. The van der Waals surface area contributed by atoms with Gasteiger partial charge >= 0.3 is 0 Å². The molecule has 0 radical (unpaired) electrons. The van der Waals surface area contributed by atoms with Gasteiger partial charge in [0.1, 0.15) is 0 Å². The molecule has 0 unspecified atom stereocenters. The lowest BCUT2D eigenvalue weighted by Crippen LogP contribution is -2.27. The van der Waals surface area contributed by atoms with Crippen LogP contribution < -0.4 is 5.43 Å². The molecule has 0 saturated heterocycles.